The van der Waals surface area contributed by atoms with Crippen molar-refractivity contribution in [3.05, 3.63) is 122 Å². The molecule has 0 aliphatic carbocycles. The minimum atomic E-state index is -0.839. The minimum Gasteiger partial charge on any atom is -0.458 e. The second-order valence-electron chi connectivity index (χ2n) is 17.5. The molecule has 0 aromatic carbocycles. The van der Waals surface area contributed by atoms with E-state index in [1.54, 1.807) is 6.08 Å². The van der Waals surface area contributed by atoms with Crippen molar-refractivity contribution in [2.75, 3.05) is 6.61 Å². The lowest BCUT2D eigenvalue weighted by molar-refractivity contribution is -0.148. The molecule has 3 atom stereocenters. The van der Waals surface area contributed by atoms with Crippen molar-refractivity contribution in [3.63, 3.8) is 0 Å². The first-order valence-corrected chi connectivity index (χ1v) is 26.8. The highest BCUT2D eigenvalue weighted by Crippen LogP contribution is 2.16. The van der Waals surface area contributed by atoms with Gasteiger partial charge < -0.3 is 20.3 Å². The lowest BCUT2D eigenvalue weighted by atomic mass is 10.0. The molecule has 0 aromatic heterocycles. The molecule has 1 amide bonds. The van der Waals surface area contributed by atoms with E-state index < -0.39 is 18.2 Å². The first-order valence-electron chi connectivity index (χ1n) is 26.8. The molecular weight excluding hydrogens is 815 g/mol. The molecule has 3 N–H and O–H groups in total. The standard InChI is InChI=1S/C60H99NO5/c1-4-7-10-13-16-19-22-25-28-30-31-34-37-40-43-46-49-52-58(63)57(55-62)61-59(64)54-56(51-48-45-42-39-36-33-27-24-21-18-15-12-9-6-3)66-60(65)53-50-47-44-41-38-35-32-29-26-23-20-17-14-11-8-5-2/h8-9,11-12,17-18,20-21,26-27,29,33,35,38-39,42,44,47-48,51,56-58,62-63H,4-7,10,13-16,19,22-25,28,30-32,34,36-37,40-41,43,45-46,49-50,52-55H2,1-3H3,(H,61,64)/b11-8+,12-9+,20-17+,21-18+,29-26+,33-27+,38-35+,42-39+,47-44+,51-48+. The maximum absolute atomic E-state index is 13.2. The number of unbranched alkanes of at least 4 members (excludes halogenated alkanes) is 16. The number of ether oxygens (including phenoxy) is 1. The fourth-order valence-electron chi connectivity index (χ4n) is 7.32. The van der Waals surface area contributed by atoms with Crippen LogP contribution in [0.4, 0.5) is 0 Å². The highest BCUT2D eigenvalue weighted by Gasteiger charge is 2.23. The quantitative estimate of drug-likeness (QED) is 0.0321. The van der Waals surface area contributed by atoms with E-state index in [4.69, 9.17) is 4.74 Å². The van der Waals surface area contributed by atoms with E-state index in [1.807, 2.05) is 12.2 Å². The molecule has 0 rings (SSSR count). The van der Waals surface area contributed by atoms with Crippen LogP contribution in [0.2, 0.25) is 0 Å². The van der Waals surface area contributed by atoms with E-state index in [1.165, 1.54) is 89.9 Å². The Morgan fingerprint density at radius 3 is 1.20 bits per heavy atom. The van der Waals surface area contributed by atoms with Gasteiger partial charge in [0, 0.05) is 6.42 Å². The van der Waals surface area contributed by atoms with Gasteiger partial charge in [0.05, 0.1) is 25.2 Å². The molecule has 0 heterocycles. The molecule has 0 radical (unpaired) electrons. The molecule has 374 valence electrons. The summed E-state index contributed by atoms with van der Waals surface area (Å²) in [6.45, 7) is 6.20. The Kier molecular flexibility index (Phi) is 49.3. The molecule has 0 fully saturated rings. The van der Waals surface area contributed by atoms with Gasteiger partial charge in [0.2, 0.25) is 5.91 Å². The third-order valence-corrected chi connectivity index (χ3v) is 11.3. The smallest absolute Gasteiger partial charge is 0.306 e. The van der Waals surface area contributed by atoms with Gasteiger partial charge in [-0.05, 0) is 83.1 Å². The average molecular weight is 914 g/mol. The zero-order chi connectivity index (χ0) is 48.1. The Hall–Kier alpha value is -3.74. The van der Waals surface area contributed by atoms with Gasteiger partial charge in [0.25, 0.3) is 0 Å². The predicted molar refractivity (Wildman–Crippen MR) is 286 cm³/mol. The Morgan fingerprint density at radius 2 is 0.818 bits per heavy atom. The Morgan fingerprint density at radius 1 is 0.470 bits per heavy atom. The predicted octanol–water partition coefficient (Wildman–Crippen LogP) is 16.5. The summed E-state index contributed by atoms with van der Waals surface area (Å²) in [5, 5.41) is 23.7. The summed E-state index contributed by atoms with van der Waals surface area (Å²) >= 11 is 0. The van der Waals surface area contributed by atoms with Crippen molar-refractivity contribution in [2.24, 2.45) is 0 Å². The molecule has 0 aliphatic heterocycles. The summed E-state index contributed by atoms with van der Waals surface area (Å²) in [7, 11) is 0. The Bertz CT molecular complexity index is 1390. The maximum Gasteiger partial charge on any atom is 0.306 e. The molecular formula is C60H99NO5. The van der Waals surface area contributed by atoms with Crippen molar-refractivity contribution in [1.29, 1.82) is 0 Å². The van der Waals surface area contributed by atoms with Gasteiger partial charge in [-0.2, -0.15) is 0 Å². The second-order valence-corrected chi connectivity index (χ2v) is 17.5. The number of aliphatic hydroxyl groups is 2. The molecule has 0 spiro atoms. The molecule has 0 saturated heterocycles. The largest absolute Gasteiger partial charge is 0.458 e. The summed E-state index contributed by atoms with van der Waals surface area (Å²) in [5.41, 5.74) is 0. The number of esters is 1. The summed E-state index contributed by atoms with van der Waals surface area (Å²) in [5.74, 6) is -0.737. The summed E-state index contributed by atoms with van der Waals surface area (Å²) in [6, 6.07) is -0.765. The average Bonchev–Trinajstić information content (AvgIpc) is 3.31. The zero-order valence-electron chi connectivity index (χ0n) is 42.5. The lowest BCUT2D eigenvalue weighted by Crippen LogP contribution is -2.46. The van der Waals surface area contributed by atoms with E-state index >= 15 is 0 Å². The third kappa shape index (κ3) is 46.8. The number of aliphatic hydroxyl groups excluding tert-OH is 2. The van der Waals surface area contributed by atoms with Gasteiger partial charge in [-0.25, -0.2) is 0 Å². The van der Waals surface area contributed by atoms with Crippen molar-refractivity contribution < 1.29 is 24.5 Å². The summed E-state index contributed by atoms with van der Waals surface area (Å²) in [4.78, 5) is 26.1. The molecule has 6 heteroatoms. The van der Waals surface area contributed by atoms with Crippen LogP contribution in [0, 0.1) is 0 Å². The molecule has 0 bridgehead atoms. The van der Waals surface area contributed by atoms with Crippen molar-refractivity contribution in [2.45, 2.75) is 238 Å². The third-order valence-electron chi connectivity index (χ3n) is 11.3. The van der Waals surface area contributed by atoms with E-state index in [2.05, 4.69) is 129 Å². The number of carbonyl (C=O) groups excluding carboxylic acids is 2. The fraction of sp³-hybridized carbons (Fsp3) is 0.633. The number of rotatable bonds is 46. The van der Waals surface area contributed by atoms with Gasteiger partial charge in [-0.15, -0.1) is 0 Å². The normalized spacial score (nSPS) is 14.2. The number of hydrogen-bond donors (Lipinski definition) is 3. The van der Waals surface area contributed by atoms with Crippen molar-refractivity contribution >= 4 is 11.9 Å². The van der Waals surface area contributed by atoms with Gasteiger partial charge in [-0.3, -0.25) is 9.59 Å². The monoisotopic (exact) mass is 914 g/mol. The number of amides is 1. The second kappa shape index (κ2) is 52.2. The first kappa shape index (κ1) is 62.3. The van der Waals surface area contributed by atoms with E-state index in [9.17, 15) is 19.8 Å². The van der Waals surface area contributed by atoms with Crippen molar-refractivity contribution in [1.82, 2.24) is 5.32 Å². The fourth-order valence-corrected chi connectivity index (χ4v) is 7.32. The van der Waals surface area contributed by atoms with Crippen LogP contribution in [0.1, 0.15) is 220 Å². The minimum absolute atomic E-state index is 0.0829. The summed E-state index contributed by atoms with van der Waals surface area (Å²) < 4.78 is 5.78. The Labute approximate surface area is 406 Å². The SMILES string of the molecule is CC/C=C/C/C=C/C/C=C/C/C=C/C/C=C/CCC(=O)OC(/C=C/C/C=C/C/C=C/C/C=C/C/C=C/CC)CC(=O)NC(CO)C(O)CCCCCCCCCCCCCCCCCCC. The lowest BCUT2D eigenvalue weighted by Gasteiger charge is -2.23. The van der Waals surface area contributed by atoms with E-state index in [0.717, 1.165) is 77.0 Å². The van der Waals surface area contributed by atoms with Crippen LogP contribution in [0.25, 0.3) is 0 Å². The van der Waals surface area contributed by atoms with Crippen LogP contribution in [0.15, 0.2) is 122 Å². The maximum atomic E-state index is 13.2. The van der Waals surface area contributed by atoms with Gasteiger partial charge in [-0.1, -0.05) is 245 Å². The van der Waals surface area contributed by atoms with Crippen LogP contribution in [-0.4, -0.2) is 46.9 Å². The highest BCUT2D eigenvalue weighted by molar-refractivity contribution is 5.78. The number of nitrogens with one attached hydrogen (secondary N) is 1. The molecule has 0 saturated carbocycles. The van der Waals surface area contributed by atoms with Gasteiger partial charge in [0.1, 0.15) is 6.10 Å². The molecule has 66 heavy (non-hydrogen) atoms. The van der Waals surface area contributed by atoms with Crippen LogP contribution in [0.3, 0.4) is 0 Å². The number of carbonyl (C=O) groups is 2. The molecule has 6 nitrogen and oxygen atoms in total. The van der Waals surface area contributed by atoms with Gasteiger partial charge in [0.15, 0.2) is 0 Å². The van der Waals surface area contributed by atoms with Crippen LogP contribution in [0.5, 0.6) is 0 Å². The van der Waals surface area contributed by atoms with Crippen molar-refractivity contribution in [3.8, 4) is 0 Å². The zero-order valence-corrected chi connectivity index (χ0v) is 42.5. The summed E-state index contributed by atoms with van der Waals surface area (Å²) in [6.07, 6.45) is 73.0. The van der Waals surface area contributed by atoms with Gasteiger partial charge >= 0.3 is 5.97 Å². The van der Waals surface area contributed by atoms with Crippen LogP contribution < -0.4 is 5.32 Å². The van der Waals surface area contributed by atoms with E-state index in [0.29, 0.717) is 19.3 Å². The van der Waals surface area contributed by atoms with E-state index in [-0.39, 0.29) is 31.3 Å². The number of hydrogen-bond acceptors (Lipinski definition) is 5. The van der Waals surface area contributed by atoms with Crippen LogP contribution in [-0.2, 0) is 14.3 Å². The topological polar surface area (TPSA) is 95.9 Å². The Balaban J connectivity index is 4.78. The molecule has 3 unspecified atom stereocenters. The molecule has 0 aromatic rings. The van der Waals surface area contributed by atoms with Crippen LogP contribution >= 0.6 is 0 Å². The number of allylic oxidation sites excluding steroid dienone is 19. The molecule has 0 aliphatic rings. The highest BCUT2D eigenvalue weighted by atomic mass is 16.5. The first-order chi connectivity index (χ1) is 32.5.